The van der Waals surface area contributed by atoms with Crippen LogP contribution in [0.5, 0.6) is 0 Å². The number of esters is 2. The molecule has 1 aromatic rings. The largest absolute Gasteiger partial charge is 0.463 e. The molecule has 1 heterocycles. The number of benzene rings is 1. The van der Waals surface area contributed by atoms with Crippen LogP contribution in [0.15, 0.2) is 18.2 Å². The Bertz CT molecular complexity index is 563. The molecule has 1 aromatic carbocycles. The number of fused-ring (bicyclic) bond motifs is 1. The standard InChI is InChI=1S/C12H8F2O4/c1-2-17-9(15)5-8-10-6(13)3-4-7(14)11(10)12(16)18-8/h3-5H,2H2,1H3. The van der Waals surface area contributed by atoms with Gasteiger partial charge in [0.2, 0.25) is 0 Å². The molecular formula is C12H8F2O4. The van der Waals surface area contributed by atoms with E-state index in [1.54, 1.807) is 6.92 Å². The number of rotatable bonds is 2. The van der Waals surface area contributed by atoms with Gasteiger partial charge in [-0.2, -0.15) is 0 Å². The minimum absolute atomic E-state index is 0.120. The maximum Gasteiger partial charge on any atom is 0.347 e. The molecule has 6 heteroatoms. The number of carbonyl (C=O) groups excluding carboxylic acids is 2. The minimum Gasteiger partial charge on any atom is -0.463 e. The number of hydrogen-bond acceptors (Lipinski definition) is 4. The first-order valence-corrected chi connectivity index (χ1v) is 5.13. The molecule has 0 N–H and O–H groups in total. The Morgan fingerprint density at radius 3 is 2.56 bits per heavy atom. The monoisotopic (exact) mass is 254 g/mol. The summed E-state index contributed by atoms with van der Waals surface area (Å²) >= 11 is 0. The summed E-state index contributed by atoms with van der Waals surface area (Å²) in [6.07, 6.45) is 0.815. The van der Waals surface area contributed by atoms with Crippen LogP contribution >= 0.6 is 0 Å². The zero-order chi connectivity index (χ0) is 13.3. The van der Waals surface area contributed by atoms with Crippen LogP contribution in [0.1, 0.15) is 22.8 Å². The van der Waals surface area contributed by atoms with Gasteiger partial charge < -0.3 is 9.47 Å². The Balaban J connectivity index is 2.51. The molecule has 0 aliphatic carbocycles. The van der Waals surface area contributed by atoms with Crippen LogP contribution < -0.4 is 0 Å². The van der Waals surface area contributed by atoms with Gasteiger partial charge in [-0.1, -0.05) is 0 Å². The molecule has 0 saturated heterocycles. The van der Waals surface area contributed by atoms with E-state index in [4.69, 9.17) is 0 Å². The second kappa shape index (κ2) is 4.56. The zero-order valence-electron chi connectivity index (χ0n) is 9.33. The molecule has 18 heavy (non-hydrogen) atoms. The van der Waals surface area contributed by atoms with Gasteiger partial charge in [0.05, 0.1) is 18.2 Å². The second-order valence-electron chi connectivity index (χ2n) is 3.43. The molecule has 0 bridgehead atoms. The van der Waals surface area contributed by atoms with Crippen molar-refractivity contribution in [2.45, 2.75) is 6.92 Å². The molecule has 2 rings (SSSR count). The minimum atomic E-state index is -1.03. The fraction of sp³-hybridized carbons (Fsp3) is 0.167. The first kappa shape index (κ1) is 12.2. The van der Waals surface area contributed by atoms with Crippen molar-refractivity contribution in [3.63, 3.8) is 0 Å². The van der Waals surface area contributed by atoms with Gasteiger partial charge in [0.25, 0.3) is 0 Å². The van der Waals surface area contributed by atoms with Crippen molar-refractivity contribution in [3.05, 3.63) is 41.0 Å². The van der Waals surface area contributed by atoms with Crippen molar-refractivity contribution in [2.75, 3.05) is 6.61 Å². The Morgan fingerprint density at radius 1 is 1.33 bits per heavy atom. The molecule has 0 spiro atoms. The highest BCUT2D eigenvalue weighted by Crippen LogP contribution is 2.33. The Morgan fingerprint density at radius 2 is 1.94 bits per heavy atom. The van der Waals surface area contributed by atoms with Crippen LogP contribution in [-0.4, -0.2) is 18.5 Å². The summed E-state index contributed by atoms with van der Waals surface area (Å²) in [6.45, 7) is 1.71. The van der Waals surface area contributed by atoms with Gasteiger partial charge in [-0.25, -0.2) is 18.4 Å². The Labute approximate surface area is 101 Å². The van der Waals surface area contributed by atoms with E-state index in [9.17, 15) is 18.4 Å². The third-order valence-corrected chi connectivity index (χ3v) is 2.29. The van der Waals surface area contributed by atoms with Gasteiger partial charge in [0, 0.05) is 0 Å². The molecule has 94 valence electrons. The average Bonchev–Trinajstić information content (AvgIpc) is 2.62. The van der Waals surface area contributed by atoms with Crippen LogP contribution in [-0.2, 0) is 14.3 Å². The highest BCUT2D eigenvalue weighted by Gasteiger charge is 2.33. The van der Waals surface area contributed by atoms with E-state index < -0.39 is 29.1 Å². The van der Waals surface area contributed by atoms with E-state index in [0.29, 0.717) is 0 Å². The highest BCUT2D eigenvalue weighted by molar-refractivity contribution is 6.06. The van der Waals surface area contributed by atoms with Gasteiger partial charge in [-0.05, 0) is 19.1 Å². The fourth-order valence-corrected chi connectivity index (χ4v) is 1.59. The smallest absolute Gasteiger partial charge is 0.347 e. The van der Waals surface area contributed by atoms with E-state index in [0.717, 1.165) is 18.2 Å². The quantitative estimate of drug-likeness (QED) is 0.598. The van der Waals surface area contributed by atoms with E-state index >= 15 is 0 Å². The van der Waals surface area contributed by atoms with Crippen molar-refractivity contribution >= 4 is 17.7 Å². The van der Waals surface area contributed by atoms with Crippen LogP contribution in [0.25, 0.3) is 5.76 Å². The third-order valence-electron chi connectivity index (χ3n) is 2.29. The molecule has 4 nitrogen and oxygen atoms in total. The summed E-state index contributed by atoms with van der Waals surface area (Å²) in [5.74, 6) is -3.91. The van der Waals surface area contributed by atoms with Crippen LogP contribution in [0, 0.1) is 11.6 Å². The van der Waals surface area contributed by atoms with Crippen molar-refractivity contribution < 1.29 is 27.8 Å². The summed E-state index contributed by atoms with van der Waals surface area (Å²) in [6, 6.07) is 1.68. The molecule has 0 saturated carbocycles. The highest BCUT2D eigenvalue weighted by atomic mass is 19.1. The lowest BCUT2D eigenvalue weighted by atomic mass is 10.1. The van der Waals surface area contributed by atoms with Crippen LogP contribution in [0.2, 0.25) is 0 Å². The second-order valence-corrected chi connectivity index (χ2v) is 3.43. The predicted molar refractivity (Wildman–Crippen MR) is 56.4 cm³/mol. The first-order chi connectivity index (χ1) is 8.54. The zero-order valence-corrected chi connectivity index (χ0v) is 9.33. The normalized spacial score (nSPS) is 15.5. The molecule has 1 aliphatic heterocycles. The summed E-state index contributed by atoms with van der Waals surface area (Å²) < 4.78 is 36.2. The number of halogens is 2. The van der Waals surface area contributed by atoms with Crippen LogP contribution in [0.3, 0.4) is 0 Å². The Kier molecular flexibility index (Phi) is 3.10. The fourth-order valence-electron chi connectivity index (χ4n) is 1.59. The van der Waals surface area contributed by atoms with E-state index in [-0.39, 0.29) is 17.9 Å². The van der Waals surface area contributed by atoms with E-state index in [1.807, 2.05) is 0 Å². The first-order valence-electron chi connectivity index (χ1n) is 5.13. The van der Waals surface area contributed by atoms with Gasteiger partial charge >= 0.3 is 11.9 Å². The van der Waals surface area contributed by atoms with E-state index in [1.165, 1.54) is 0 Å². The SMILES string of the molecule is CCOC(=O)C=C1OC(=O)c2c(F)ccc(F)c21. The molecule has 0 aromatic heterocycles. The van der Waals surface area contributed by atoms with Crippen molar-refractivity contribution in [2.24, 2.45) is 0 Å². The number of carbonyl (C=O) groups is 2. The molecule has 0 amide bonds. The summed E-state index contributed by atoms with van der Waals surface area (Å²) in [7, 11) is 0. The maximum absolute atomic E-state index is 13.5. The van der Waals surface area contributed by atoms with Gasteiger partial charge in [0.1, 0.15) is 23.0 Å². The van der Waals surface area contributed by atoms with Gasteiger partial charge in [0.15, 0.2) is 0 Å². The van der Waals surface area contributed by atoms with E-state index in [2.05, 4.69) is 9.47 Å². The lowest BCUT2D eigenvalue weighted by Gasteiger charge is -2.00. The molecule has 0 fully saturated rings. The molecule has 0 radical (unpaired) electrons. The molecule has 0 unspecified atom stereocenters. The number of ether oxygens (including phenoxy) is 2. The number of hydrogen-bond donors (Lipinski definition) is 0. The van der Waals surface area contributed by atoms with Gasteiger partial charge in [-0.15, -0.1) is 0 Å². The number of cyclic esters (lactones) is 1. The average molecular weight is 254 g/mol. The van der Waals surface area contributed by atoms with Crippen molar-refractivity contribution in [1.82, 2.24) is 0 Å². The maximum atomic E-state index is 13.5. The van der Waals surface area contributed by atoms with Crippen molar-refractivity contribution in [3.8, 4) is 0 Å². The lowest BCUT2D eigenvalue weighted by Crippen LogP contribution is -2.01. The third kappa shape index (κ3) is 1.97. The molecular weight excluding hydrogens is 246 g/mol. The van der Waals surface area contributed by atoms with Crippen molar-refractivity contribution in [1.29, 1.82) is 0 Å². The molecule has 1 aliphatic rings. The van der Waals surface area contributed by atoms with Gasteiger partial charge in [-0.3, -0.25) is 0 Å². The topological polar surface area (TPSA) is 52.6 Å². The summed E-state index contributed by atoms with van der Waals surface area (Å²) in [4.78, 5) is 22.6. The Hall–Kier alpha value is -2.24. The molecule has 0 atom stereocenters. The lowest BCUT2D eigenvalue weighted by molar-refractivity contribution is -0.137. The summed E-state index contributed by atoms with van der Waals surface area (Å²) in [5.41, 5.74) is -0.862. The summed E-state index contributed by atoms with van der Waals surface area (Å²) in [5, 5.41) is 0. The predicted octanol–water partition coefficient (Wildman–Crippen LogP) is 2.04. The van der Waals surface area contributed by atoms with Crippen LogP contribution in [0.4, 0.5) is 8.78 Å².